The van der Waals surface area contributed by atoms with Crippen molar-refractivity contribution in [3.63, 3.8) is 0 Å². The van der Waals surface area contributed by atoms with E-state index in [1.54, 1.807) is 26.2 Å². The van der Waals surface area contributed by atoms with Crippen LogP contribution >= 0.6 is 0 Å². The van der Waals surface area contributed by atoms with Gasteiger partial charge in [-0.2, -0.15) is 0 Å². The summed E-state index contributed by atoms with van der Waals surface area (Å²) in [6.07, 6.45) is 2.06. The Balaban J connectivity index is 2.84. The average Bonchev–Trinajstić information content (AvgIpc) is 2.19. The first kappa shape index (κ1) is 11.3. The van der Waals surface area contributed by atoms with Crippen molar-refractivity contribution in [2.24, 2.45) is 7.05 Å². The number of carboxylic acid groups (broad SMARTS) is 1. The van der Waals surface area contributed by atoms with Crippen LogP contribution in [0.2, 0.25) is 0 Å². The highest BCUT2D eigenvalue weighted by Crippen LogP contribution is 2.06. The van der Waals surface area contributed by atoms with Crippen LogP contribution in [0.1, 0.15) is 13.3 Å². The zero-order chi connectivity index (χ0) is 11.4. The first-order valence-corrected chi connectivity index (χ1v) is 4.70. The maximum atomic E-state index is 11.3. The molecule has 0 aliphatic rings. The summed E-state index contributed by atoms with van der Waals surface area (Å²) in [7, 11) is 1.64. The third-order valence-electron chi connectivity index (χ3n) is 2.15. The summed E-state index contributed by atoms with van der Waals surface area (Å²) in [4.78, 5) is 22.0. The van der Waals surface area contributed by atoms with Crippen LogP contribution in [0.4, 0.5) is 5.69 Å². The molecule has 0 bridgehead atoms. The van der Waals surface area contributed by atoms with Gasteiger partial charge in [0.2, 0.25) is 0 Å². The van der Waals surface area contributed by atoms with Gasteiger partial charge in [-0.1, -0.05) is 6.92 Å². The number of aliphatic carboxylic acids is 1. The smallest absolute Gasteiger partial charge is 0.326 e. The summed E-state index contributed by atoms with van der Waals surface area (Å²) < 4.78 is 1.42. The highest BCUT2D eigenvalue weighted by molar-refractivity contribution is 5.77. The molecule has 2 N–H and O–H groups in total. The van der Waals surface area contributed by atoms with Gasteiger partial charge in [0.05, 0.1) is 0 Å². The fourth-order valence-corrected chi connectivity index (χ4v) is 1.18. The Morgan fingerprint density at radius 1 is 1.67 bits per heavy atom. The lowest BCUT2D eigenvalue weighted by molar-refractivity contribution is -0.137. The molecule has 1 aromatic heterocycles. The van der Waals surface area contributed by atoms with Crippen LogP contribution in [0.3, 0.4) is 0 Å². The highest BCUT2D eigenvalue weighted by Gasteiger charge is 2.14. The molecule has 0 amide bonds. The summed E-state index contributed by atoms with van der Waals surface area (Å²) in [6.45, 7) is 1.77. The number of aryl methyl sites for hydroxylation is 1. The normalized spacial score (nSPS) is 12.1. The lowest BCUT2D eigenvalue weighted by atomic mass is 10.2. The van der Waals surface area contributed by atoms with Gasteiger partial charge in [-0.25, -0.2) is 4.79 Å². The van der Waals surface area contributed by atoms with E-state index in [0.29, 0.717) is 12.1 Å². The zero-order valence-electron chi connectivity index (χ0n) is 8.73. The molecule has 15 heavy (non-hydrogen) atoms. The molecule has 1 rings (SSSR count). The largest absolute Gasteiger partial charge is 0.480 e. The molecule has 0 spiro atoms. The fraction of sp³-hybridized carbons (Fsp3) is 0.400. The van der Waals surface area contributed by atoms with E-state index in [2.05, 4.69) is 5.32 Å². The molecule has 1 unspecified atom stereocenters. The Morgan fingerprint density at radius 2 is 2.33 bits per heavy atom. The second kappa shape index (κ2) is 4.63. The first-order valence-electron chi connectivity index (χ1n) is 4.70. The Kier molecular flexibility index (Phi) is 3.49. The number of pyridine rings is 1. The second-order valence-corrected chi connectivity index (χ2v) is 3.31. The molecule has 0 fully saturated rings. The van der Waals surface area contributed by atoms with Crippen molar-refractivity contribution in [2.75, 3.05) is 5.32 Å². The molecule has 5 heteroatoms. The lowest BCUT2D eigenvalue weighted by Gasteiger charge is -2.13. The van der Waals surface area contributed by atoms with Gasteiger partial charge < -0.3 is 15.0 Å². The maximum absolute atomic E-state index is 11.3. The number of hydrogen-bond acceptors (Lipinski definition) is 3. The number of nitrogens with zero attached hydrogens (tertiary/aromatic N) is 1. The number of anilines is 1. The number of carbonyl (C=O) groups is 1. The van der Waals surface area contributed by atoms with E-state index in [1.807, 2.05) is 0 Å². The Morgan fingerprint density at radius 3 is 2.80 bits per heavy atom. The predicted octanol–water partition coefficient (Wildman–Crippen LogP) is 0.660. The van der Waals surface area contributed by atoms with Gasteiger partial charge in [0.1, 0.15) is 6.04 Å². The fourth-order valence-electron chi connectivity index (χ4n) is 1.18. The van der Waals surface area contributed by atoms with E-state index in [9.17, 15) is 9.59 Å². The monoisotopic (exact) mass is 210 g/mol. The molecule has 0 saturated carbocycles. The van der Waals surface area contributed by atoms with E-state index in [1.165, 1.54) is 10.6 Å². The van der Waals surface area contributed by atoms with E-state index in [0.717, 1.165) is 0 Å². The van der Waals surface area contributed by atoms with Gasteiger partial charge in [-0.3, -0.25) is 4.79 Å². The van der Waals surface area contributed by atoms with Crippen LogP contribution < -0.4 is 10.9 Å². The van der Waals surface area contributed by atoms with Gasteiger partial charge in [0.25, 0.3) is 5.56 Å². The van der Waals surface area contributed by atoms with E-state index >= 15 is 0 Å². The molecule has 1 atom stereocenters. The lowest BCUT2D eigenvalue weighted by Crippen LogP contribution is -2.29. The van der Waals surface area contributed by atoms with Crippen molar-refractivity contribution in [1.29, 1.82) is 0 Å². The van der Waals surface area contributed by atoms with E-state index < -0.39 is 12.0 Å². The average molecular weight is 210 g/mol. The number of aromatic nitrogens is 1. The van der Waals surface area contributed by atoms with Crippen LogP contribution in [0.15, 0.2) is 23.1 Å². The third kappa shape index (κ3) is 2.83. The highest BCUT2D eigenvalue weighted by atomic mass is 16.4. The van der Waals surface area contributed by atoms with Crippen LogP contribution in [-0.2, 0) is 11.8 Å². The summed E-state index contributed by atoms with van der Waals surface area (Å²) in [5.41, 5.74) is 0.368. The minimum atomic E-state index is -0.918. The third-order valence-corrected chi connectivity index (χ3v) is 2.15. The quantitative estimate of drug-likeness (QED) is 0.765. The Bertz CT molecular complexity index is 411. The topological polar surface area (TPSA) is 71.3 Å². The van der Waals surface area contributed by atoms with Gasteiger partial charge in [-0.15, -0.1) is 0 Å². The van der Waals surface area contributed by atoms with E-state index in [-0.39, 0.29) is 5.56 Å². The predicted molar refractivity (Wildman–Crippen MR) is 57.0 cm³/mol. The minimum absolute atomic E-state index is 0.166. The van der Waals surface area contributed by atoms with Crippen LogP contribution in [0.25, 0.3) is 0 Å². The van der Waals surface area contributed by atoms with E-state index in [4.69, 9.17) is 5.11 Å². The number of carboxylic acids is 1. The van der Waals surface area contributed by atoms with Crippen molar-refractivity contribution in [1.82, 2.24) is 4.57 Å². The molecular weight excluding hydrogens is 196 g/mol. The zero-order valence-corrected chi connectivity index (χ0v) is 8.73. The SMILES string of the molecule is CCC(Nc1ccn(C)c(=O)c1)C(=O)O. The molecule has 0 radical (unpaired) electrons. The van der Waals surface area contributed by atoms with Gasteiger partial charge in [-0.05, 0) is 12.5 Å². The minimum Gasteiger partial charge on any atom is -0.480 e. The number of hydrogen-bond donors (Lipinski definition) is 2. The molecule has 82 valence electrons. The Labute approximate surface area is 87.4 Å². The van der Waals surface area contributed by atoms with Crippen molar-refractivity contribution in [3.8, 4) is 0 Å². The van der Waals surface area contributed by atoms with Crippen LogP contribution in [0, 0.1) is 0 Å². The van der Waals surface area contributed by atoms with Gasteiger partial charge in [0, 0.05) is 25.0 Å². The van der Waals surface area contributed by atoms with Crippen molar-refractivity contribution >= 4 is 11.7 Å². The summed E-state index contributed by atoms with van der Waals surface area (Å²) >= 11 is 0. The van der Waals surface area contributed by atoms with Crippen LogP contribution in [-0.4, -0.2) is 21.7 Å². The molecule has 5 nitrogen and oxygen atoms in total. The number of rotatable bonds is 4. The van der Waals surface area contributed by atoms with Crippen LogP contribution in [0.5, 0.6) is 0 Å². The van der Waals surface area contributed by atoms with Crippen molar-refractivity contribution < 1.29 is 9.90 Å². The number of nitrogens with one attached hydrogen (secondary N) is 1. The molecule has 0 aromatic carbocycles. The summed E-state index contributed by atoms with van der Waals surface area (Å²) in [5.74, 6) is -0.918. The molecular formula is C10H14N2O3. The van der Waals surface area contributed by atoms with Crippen molar-refractivity contribution in [3.05, 3.63) is 28.7 Å². The first-order chi connectivity index (χ1) is 7.04. The standard InChI is InChI=1S/C10H14N2O3/c1-3-8(10(14)15)11-7-4-5-12(2)9(13)6-7/h4-6,8,11H,3H2,1-2H3,(H,14,15). The maximum Gasteiger partial charge on any atom is 0.326 e. The molecule has 0 aliphatic carbocycles. The summed E-state index contributed by atoms with van der Waals surface area (Å²) in [5, 5.41) is 11.6. The van der Waals surface area contributed by atoms with Crippen molar-refractivity contribution in [2.45, 2.75) is 19.4 Å². The van der Waals surface area contributed by atoms with Gasteiger partial charge in [0.15, 0.2) is 0 Å². The Hall–Kier alpha value is -1.78. The molecule has 1 heterocycles. The summed E-state index contributed by atoms with van der Waals surface area (Å²) in [6, 6.07) is 2.40. The molecule has 1 aromatic rings. The molecule has 0 saturated heterocycles. The molecule has 0 aliphatic heterocycles. The van der Waals surface area contributed by atoms with Gasteiger partial charge >= 0.3 is 5.97 Å². The second-order valence-electron chi connectivity index (χ2n) is 3.31.